The number of methoxy groups -OCH3 is 1. The van der Waals surface area contributed by atoms with Crippen LogP contribution in [-0.2, 0) is 0 Å². The molecule has 2 saturated heterocycles. The molecular weight excluding hydrogens is 430 g/mol. The van der Waals surface area contributed by atoms with Crippen molar-refractivity contribution >= 4 is 5.82 Å². The summed E-state index contributed by atoms with van der Waals surface area (Å²) in [5.74, 6) is -1.61. The second-order valence-electron chi connectivity index (χ2n) is 8.61. The molecule has 0 amide bonds. The number of rotatable bonds is 5. The van der Waals surface area contributed by atoms with Crippen molar-refractivity contribution in [3.05, 3.63) is 42.6 Å². The van der Waals surface area contributed by atoms with Gasteiger partial charge in [0.05, 0.1) is 25.0 Å². The highest BCUT2D eigenvalue weighted by Crippen LogP contribution is 2.41. The Balaban J connectivity index is 1.33. The molecule has 8 nitrogen and oxygen atoms in total. The van der Waals surface area contributed by atoms with Crippen LogP contribution < -0.4 is 15.0 Å². The molecule has 2 aliphatic heterocycles. The molecule has 2 unspecified atom stereocenters. The molecule has 0 spiro atoms. The van der Waals surface area contributed by atoms with Crippen LogP contribution in [0.3, 0.4) is 0 Å². The topological polar surface area (TPSA) is 96.3 Å². The van der Waals surface area contributed by atoms with E-state index in [1.54, 1.807) is 36.5 Å². The SMILES string of the molecule is COc1cc(-c2ccc(-c3ccc(N(C)[C@@H]4CC5CC(F)(F)C(C4)N5)nn3)c(O)c2)cnn1. The van der Waals surface area contributed by atoms with Gasteiger partial charge in [0.1, 0.15) is 5.75 Å². The zero-order valence-electron chi connectivity index (χ0n) is 18.2. The minimum atomic E-state index is -2.66. The van der Waals surface area contributed by atoms with Gasteiger partial charge in [-0.3, -0.25) is 0 Å². The van der Waals surface area contributed by atoms with Gasteiger partial charge in [-0.2, -0.15) is 5.10 Å². The predicted molar refractivity (Wildman–Crippen MR) is 118 cm³/mol. The van der Waals surface area contributed by atoms with E-state index in [0.29, 0.717) is 35.8 Å². The van der Waals surface area contributed by atoms with Gasteiger partial charge < -0.3 is 20.1 Å². The average Bonchev–Trinajstić information content (AvgIpc) is 3.04. The van der Waals surface area contributed by atoms with Crippen molar-refractivity contribution < 1.29 is 18.6 Å². The summed E-state index contributed by atoms with van der Waals surface area (Å²) in [6, 6.07) is 9.53. The lowest BCUT2D eigenvalue weighted by molar-refractivity contribution is -0.0128. The molecule has 2 fully saturated rings. The van der Waals surface area contributed by atoms with Crippen LogP contribution in [0, 0.1) is 0 Å². The lowest BCUT2D eigenvalue weighted by Gasteiger charge is -2.36. The minimum absolute atomic E-state index is 0.0339. The van der Waals surface area contributed by atoms with Gasteiger partial charge in [-0.1, -0.05) is 6.07 Å². The van der Waals surface area contributed by atoms with Gasteiger partial charge in [-0.05, 0) is 42.7 Å². The summed E-state index contributed by atoms with van der Waals surface area (Å²) < 4.78 is 33.2. The zero-order chi connectivity index (χ0) is 23.2. The molecule has 2 aliphatic rings. The number of ether oxygens (including phenoxy) is 1. The number of fused-ring (bicyclic) bond motifs is 2. The fourth-order valence-electron chi connectivity index (χ4n) is 4.72. The number of hydrogen-bond donors (Lipinski definition) is 2. The maximum absolute atomic E-state index is 14.0. The molecule has 2 aromatic heterocycles. The second-order valence-corrected chi connectivity index (χ2v) is 8.61. The smallest absolute Gasteiger partial charge is 0.264 e. The average molecular weight is 454 g/mol. The number of piperidine rings is 1. The molecule has 0 radical (unpaired) electrons. The molecule has 5 rings (SSSR count). The van der Waals surface area contributed by atoms with E-state index < -0.39 is 12.0 Å². The maximum atomic E-state index is 14.0. The standard InChI is InChI=1S/C23H24F2N6O2/c1-31(16-9-15-11-23(24,25)20(10-16)27-15)21-6-5-18(28-29-21)17-4-3-13(7-19(17)32)14-8-22(33-2)30-26-12-14/h3-8,12,15-16,20,27,32H,9-11H2,1-2H3/t15?,16-,20?/m1/s1. The number of aromatic hydroxyl groups is 1. The van der Waals surface area contributed by atoms with Crippen LogP contribution >= 0.6 is 0 Å². The van der Waals surface area contributed by atoms with E-state index in [0.717, 1.165) is 11.1 Å². The molecule has 3 aromatic rings. The highest BCUT2D eigenvalue weighted by molar-refractivity contribution is 5.74. The van der Waals surface area contributed by atoms with E-state index >= 15 is 0 Å². The summed E-state index contributed by atoms with van der Waals surface area (Å²) >= 11 is 0. The molecule has 172 valence electrons. The summed E-state index contributed by atoms with van der Waals surface area (Å²) in [4.78, 5) is 1.92. The first kappa shape index (κ1) is 21.4. The van der Waals surface area contributed by atoms with Crippen LogP contribution in [-0.4, -0.2) is 63.7 Å². The molecule has 1 aromatic carbocycles. The van der Waals surface area contributed by atoms with Crippen LogP contribution in [0.1, 0.15) is 19.3 Å². The molecule has 0 saturated carbocycles. The van der Waals surface area contributed by atoms with E-state index in [4.69, 9.17) is 4.74 Å². The molecular formula is C23H24F2N6O2. The van der Waals surface area contributed by atoms with Crippen molar-refractivity contribution in [2.75, 3.05) is 19.1 Å². The highest BCUT2D eigenvalue weighted by atomic mass is 19.3. The van der Waals surface area contributed by atoms with Gasteiger partial charge in [-0.15, -0.1) is 15.3 Å². The van der Waals surface area contributed by atoms with E-state index in [2.05, 4.69) is 25.7 Å². The van der Waals surface area contributed by atoms with Gasteiger partial charge in [0.15, 0.2) is 5.82 Å². The molecule has 4 heterocycles. The summed E-state index contributed by atoms with van der Waals surface area (Å²) in [7, 11) is 3.37. The Morgan fingerprint density at radius 1 is 1.09 bits per heavy atom. The number of nitrogens with zero attached hydrogens (tertiary/aromatic N) is 5. The van der Waals surface area contributed by atoms with Crippen molar-refractivity contribution in [1.29, 1.82) is 0 Å². The first-order chi connectivity index (χ1) is 15.8. The Bertz CT molecular complexity index is 1160. The largest absolute Gasteiger partial charge is 0.507 e. The lowest BCUT2D eigenvalue weighted by atomic mass is 9.98. The molecule has 0 aliphatic carbocycles. The lowest BCUT2D eigenvalue weighted by Crippen LogP contribution is -2.49. The van der Waals surface area contributed by atoms with Gasteiger partial charge in [0.25, 0.3) is 5.92 Å². The molecule has 33 heavy (non-hydrogen) atoms. The van der Waals surface area contributed by atoms with Crippen molar-refractivity contribution in [3.63, 3.8) is 0 Å². The maximum Gasteiger partial charge on any atom is 0.264 e. The first-order valence-corrected chi connectivity index (χ1v) is 10.7. The van der Waals surface area contributed by atoms with E-state index in [1.807, 2.05) is 18.0 Å². The van der Waals surface area contributed by atoms with E-state index in [1.165, 1.54) is 7.11 Å². The summed E-state index contributed by atoms with van der Waals surface area (Å²) in [6.07, 6.45) is 2.48. The van der Waals surface area contributed by atoms with E-state index in [9.17, 15) is 13.9 Å². The Hall–Kier alpha value is -3.40. The molecule has 2 bridgehead atoms. The minimum Gasteiger partial charge on any atom is -0.507 e. The van der Waals surface area contributed by atoms with Gasteiger partial charge in [-0.25, -0.2) is 8.78 Å². The molecule has 2 N–H and O–H groups in total. The molecule has 10 heteroatoms. The quantitative estimate of drug-likeness (QED) is 0.607. The Morgan fingerprint density at radius 2 is 1.94 bits per heavy atom. The monoisotopic (exact) mass is 454 g/mol. The van der Waals surface area contributed by atoms with Crippen molar-refractivity contribution in [2.45, 2.75) is 43.3 Å². The first-order valence-electron chi connectivity index (χ1n) is 10.7. The fraction of sp³-hybridized carbons (Fsp3) is 0.391. The van der Waals surface area contributed by atoms with Gasteiger partial charge >= 0.3 is 0 Å². The Morgan fingerprint density at radius 3 is 2.64 bits per heavy atom. The van der Waals surface area contributed by atoms with Crippen LogP contribution in [0.5, 0.6) is 11.6 Å². The number of aromatic nitrogens is 4. The Kier molecular flexibility index (Phi) is 5.32. The van der Waals surface area contributed by atoms with E-state index in [-0.39, 0.29) is 24.3 Å². The number of nitrogens with one attached hydrogen (secondary N) is 1. The summed E-state index contributed by atoms with van der Waals surface area (Å²) in [6.45, 7) is 0. The highest BCUT2D eigenvalue weighted by Gasteiger charge is 2.53. The third-order valence-electron chi connectivity index (χ3n) is 6.54. The van der Waals surface area contributed by atoms with Crippen molar-refractivity contribution in [3.8, 4) is 34.0 Å². The molecule has 3 atom stereocenters. The third-order valence-corrected chi connectivity index (χ3v) is 6.54. The number of halogens is 2. The van der Waals surface area contributed by atoms with Crippen LogP contribution in [0.2, 0.25) is 0 Å². The zero-order valence-corrected chi connectivity index (χ0v) is 18.2. The van der Waals surface area contributed by atoms with Crippen LogP contribution in [0.15, 0.2) is 42.6 Å². The number of phenolic OH excluding ortho intramolecular Hbond substituents is 1. The number of hydrogen-bond acceptors (Lipinski definition) is 8. The van der Waals surface area contributed by atoms with Gasteiger partial charge in [0.2, 0.25) is 5.88 Å². The van der Waals surface area contributed by atoms with Crippen molar-refractivity contribution in [1.82, 2.24) is 25.7 Å². The van der Waals surface area contributed by atoms with Gasteiger partial charge in [0, 0.05) is 42.7 Å². The number of anilines is 1. The second kappa shape index (κ2) is 8.18. The number of benzene rings is 1. The number of alkyl halides is 2. The van der Waals surface area contributed by atoms with Crippen LogP contribution in [0.4, 0.5) is 14.6 Å². The Labute approximate surface area is 189 Å². The van der Waals surface area contributed by atoms with Crippen LogP contribution in [0.25, 0.3) is 22.4 Å². The fourth-order valence-corrected chi connectivity index (χ4v) is 4.72. The predicted octanol–water partition coefficient (Wildman–Crippen LogP) is 3.28. The summed E-state index contributed by atoms with van der Waals surface area (Å²) in [5.41, 5.74) is 2.56. The number of phenols is 1. The summed E-state index contributed by atoms with van der Waals surface area (Å²) in [5, 5.41) is 30.0. The normalized spacial score (nSPS) is 23.3. The third kappa shape index (κ3) is 4.06. The van der Waals surface area contributed by atoms with Crippen molar-refractivity contribution in [2.24, 2.45) is 0 Å².